The van der Waals surface area contributed by atoms with Crippen LogP contribution in [0.15, 0.2) is 23.1 Å². The monoisotopic (exact) mass is 384 g/mol. The molecule has 1 aliphatic carbocycles. The highest BCUT2D eigenvalue weighted by molar-refractivity contribution is 7.90. The van der Waals surface area contributed by atoms with Crippen molar-refractivity contribution in [2.75, 3.05) is 32.5 Å². The van der Waals surface area contributed by atoms with Crippen molar-refractivity contribution in [2.24, 2.45) is 5.92 Å². The summed E-state index contributed by atoms with van der Waals surface area (Å²) < 4.78 is 42.7. The summed E-state index contributed by atoms with van der Waals surface area (Å²) in [7, 11) is -3.40. The Morgan fingerprint density at radius 2 is 2.00 bits per heavy atom. The second kappa shape index (κ2) is 8.23. The van der Waals surface area contributed by atoms with Crippen molar-refractivity contribution in [1.29, 1.82) is 0 Å². The third kappa shape index (κ3) is 4.75. The Morgan fingerprint density at radius 3 is 2.62 bits per heavy atom. The Labute approximate surface area is 155 Å². The Kier molecular flexibility index (Phi) is 6.20. The van der Waals surface area contributed by atoms with Gasteiger partial charge in [-0.05, 0) is 56.7 Å². The van der Waals surface area contributed by atoms with Crippen LogP contribution in [0.5, 0.6) is 5.75 Å². The molecule has 26 heavy (non-hydrogen) atoms. The van der Waals surface area contributed by atoms with Crippen molar-refractivity contribution in [3.63, 3.8) is 0 Å². The van der Waals surface area contributed by atoms with Crippen molar-refractivity contribution >= 4 is 9.84 Å². The van der Waals surface area contributed by atoms with E-state index in [1.54, 1.807) is 0 Å². The molecular formula is C19H29FN2O3S. The second-order valence-electron chi connectivity index (χ2n) is 7.64. The van der Waals surface area contributed by atoms with E-state index < -0.39 is 15.7 Å². The van der Waals surface area contributed by atoms with Crippen LogP contribution in [0.4, 0.5) is 4.39 Å². The SMILES string of the molecule is C[C@H]1CNCCN1C1CCC(COc2ccc(S(C)(=O)=O)cc2F)CC1. The lowest BCUT2D eigenvalue weighted by Gasteiger charge is -2.43. The zero-order chi connectivity index (χ0) is 18.7. The molecule has 1 aliphatic heterocycles. The number of sulfone groups is 1. The maximum Gasteiger partial charge on any atom is 0.175 e. The third-order valence-corrected chi connectivity index (χ3v) is 6.75. The topological polar surface area (TPSA) is 58.6 Å². The van der Waals surface area contributed by atoms with Crippen LogP contribution in [-0.4, -0.2) is 57.9 Å². The van der Waals surface area contributed by atoms with Gasteiger partial charge in [-0.2, -0.15) is 0 Å². The lowest BCUT2D eigenvalue weighted by Crippen LogP contribution is -2.54. The Bertz CT molecular complexity index is 717. The molecule has 1 saturated carbocycles. The highest BCUT2D eigenvalue weighted by Gasteiger charge is 2.30. The van der Waals surface area contributed by atoms with Gasteiger partial charge in [-0.25, -0.2) is 12.8 Å². The molecule has 0 bridgehead atoms. The molecule has 1 aromatic rings. The summed E-state index contributed by atoms with van der Waals surface area (Å²) in [5.41, 5.74) is 0. The molecule has 7 heteroatoms. The van der Waals surface area contributed by atoms with Crippen molar-refractivity contribution in [3.05, 3.63) is 24.0 Å². The molecule has 1 N–H and O–H groups in total. The fourth-order valence-electron chi connectivity index (χ4n) is 4.08. The van der Waals surface area contributed by atoms with Crippen LogP contribution >= 0.6 is 0 Å². The maximum absolute atomic E-state index is 14.1. The van der Waals surface area contributed by atoms with Crippen LogP contribution in [-0.2, 0) is 9.84 Å². The number of hydrogen-bond acceptors (Lipinski definition) is 5. The zero-order valence-corrected chi connectivity index (χ0v) is 16.4. The van der Waals surface area contributed by atoms with Gasteiger partial charge in [-0.1, -0.05) is 0 Å². The number of hydrogen-bond donors (Lipinski definition) is 1. The van der Waals surface area contributed by atoms with Crippen LogP contribution in [0.2, 0.25) is 0 Å². The molecule has 2 fully saturated rings. The Balaban J connectivity index is 1.49. The summed E-state index contributed by atoms with van der Waals surface area (Å²) >= 11 is 0. The molecule has 3 rings (SSSR count). The first-order chi connectivity index (χ1) is 12.3. The summed E-state index contributed by atoms with van der Waals surface area (Å²) in [4.78, 5) is 2.60. The molecule has 1 heterocycles. The molecule has 1 atom stereocenters. The van der Waals surface area contributed by atoms with Crippen molar-refractivity contribution < 1.29 is 17.5 Å². The molecule has 0 amide bonds. The maximum atomic E-state index is 14.1. The Morgan fingerprint density at radius 1 is 1.27 bits per heavy atom. The smallest absolute Gasteiger partial charge is 0.175 e. The summed E-state index contributed by atoms with van der Waals surface area (Å²) in [6, 6.07) is 5.09. The number of nitrogens with one attached hydrogen (secondary N) is 1. The van der Waals surface area contributed by atoms with E-state index in [0.717, 1.165) is 57.6 Å². The van der Waals surface area contributed by atoms with Gasteiger partial charge in [-0.15, -0.1) is 0 Å². The first-order valence-electron chi connectivity index (χ1n) is 9.43. The highest BCUT2D eigenvalue weighted by atomic mass is 32.2. The number of benzene rings is 1. The molecule has 0 aromatic heterocycles. The molecular weight excluding hydrogens is 355 g/mol. The molecule has 146 valence electrons. The van der Waals surface area contributed by atoms with Crippen LogP contribution in [0.3, 0.4) is 0 Å². The molecule has 1 saturated heterocycles. The van der Waals surface area contributed by atoms with Crippen LogP contribution < -0.4 is 10.1 Å². The van der Waals surface area contributed by atoms with Gasteiger partial charge < -0.3 is 10.1 Å². The first kappa shape index (κ1) is 19.6. The van der Waals surface area contributed by atoms with E-state index in [1.165, 1.54) is 12.1 Å². The molecule has 1 aromatic carbocycles. The predicted molar refractivity (Wildman–Crippen MR) is 99.8 cm³/mol. The van der Waals surface area contributed by atoms with Gasteiger partial charge in [0.15, 0.2) is 21.4 Å². The van der Waals surface area contributed by atoms with Crippen LogP contribution in [0.1, 0.15) is 32.6 Å². The van der Waals surface area contributed by atoms with E-state index in [0.29, 0.717) is 24.6 Å². The van der Waals surface area contributed by atoms with E-state index in [2.05, 4.69) is 17.1 Å². The van der Waals surface area contributed by atoms with Crippen LogP contribution in [0.25, 0.3) is 0 Å². The number of ether oxygens (including phenoxy) is 1. The molecule has 0 radical (unpaired) electrons. The van der Waals surface area contributed by atoms with Gasteiger partial charge in [0.25, 0.3) is 0 Å². The van der Waals surface area contributed by atoms with Crippen molar-refractivity contribution in [1.82, 2.24) is 10.2 Å². The molecule has 2 aliphatic rings. The van der Waals surface area contributed by atoms with Gasteiger partial charge in [-0.3, -0.25) is 4.90 Å². The lowest BCUT2D eigenvalue weighted by molar-refractivity contribution is 0.0705. The van der Waals surface area contributed by atoms with E-state index in [9.17, 15) is 12.8 Å². The van der Waals surface area contributed by atoms with E-state index in [4.69, 9.17) is 4.74 Å². The number of piperazine rings is 1. The summed E-state index contributed by atoms with van der Waals surface area (Å²) in [5, 5.41) is 3.43. The normalized spacial score (nSPS) is 28.0. The lowest BCUT2D eigenvalue weighted by atomic mass is 9.85. The fraction of sp³-hybridized carbons (Fsp3) is 0.684. The third-order valence-electron chi connectivity index (χ3n) is 5.64. The summed E-state index contributed by atoms with van der Waals surface area (Å²) in [6.45, 7) is 6.01. The standard InChI is InChI=1S/C19H29FN2O3S/c1-14-12-21-9-10-22(14)16-5-3-15(4-6-16)13-25-19-8-7-17(11-18(19)20)26(2,23)24/h7-8,11,14-16,21H,3-6,9-10,12-13H2,1-2H3/t14-,15?,16?/m0/s1. The molecule has 0 spiro atoms. The van der Waals surface area contributed by atoms with Gasteiger partial charge in [0.2, 0.25) is 0 Å². The fourth-order valence-corrected chi connectivity index (χ4v) is 4.71. The number of nitrogens with zero attached hydrogens (tertiary/aromatic N) is 1. The zero-order valence-electron chi connectivity index (χ0n) is 15.6. The average Bonchev–Trinajstić information content (AvgIpc) is 2.61. The van der Waals surface area contributed by atoms with E-state index >= 15 is 0 Å². The molecule has 0 unspecified atom stereocenters. The Hall–Kier alpha value is -1.18. The predicted octanol–water partition coefficient (Wildman–Crippen LogP) is 2.46. The minimum atomic E-state index is -3.40. The van der Waals surface area contributed by atoms with Crippen LogP contribution in [0, 0.1) is 11.7 Å². The average molecular weight is 385 g/mol. The number of halogens is 1. The largest absolute Gasteiger partial charge is 0.490 e. The van der Waals surface area contributed by atoms with E-state index in [-0.39, 0.29) is 10.6 Å². The quantitative estimate of drug-likeness (QED) is 0.845. The minimum Gasteiger partial charge on any atom is -0.490 e. The first-order valence-corrected chi connectivity index (χ1v) is 11.3. The second-order valence-corrected chi connectivity index (χ2v) is 9.66. The van der Waals surface area contributed by atoms with Gasteiger partial charge in [0.05, 0.1) is 11.5 Å². The highest BCUT2D eigenvalue weighted by Crippen LogP contribution is 2.30. The summed E-state index contributed by atoms with van der Waals surface area (Å²) in [6.07, 6.45) is 5.57. The number of rotatable bonds is 5. The molecule has 5 nitrogen and oxygen atoms in total. The van der Waals surface area contributed by atoms with Crippen molar-refractivity contribution in [2.45, 2.75) is 49.6 Å². The minimum absolute atomic E-state index is 0.0204. The van der Waals surface area contributed by atoms with Crippen molar-refractivity contribution in [3.8, 4) is 5.75 Å². The van der Waals surface area contributed by atoms with Gasteiger partial charge >= 0.3 is 0 Å². The summed E-state index contributed by atoms with van der Waals surface area (Å²) in [5.74, 6) is -0.0510. The van der Waals surface area contributed by atoms with Gasteiger partial charge in [0, 0.05) is 38.0 Å². The van der Waals surface area contributed by atoms with E-state index in [1.807, 2.05) is 0 Å². The van der Waals surface area contributed by atoms with Gasteiger partial charge in [0.1, 0.15) is 0 Å².